The Labute approximate surface area is 91.0 Å². The van der Waals surface area contributed by atoms with Crippen molar-refractivity contribution in [3.63, 3.8) is 0 Å². The fourth-order valence-corrected chi connectivity index (χ4v) is 1.20. The zero-order valence-electron chi connectivity index (χ0n) is 8.30. The van der Waals surface area contributed by atoms with Gasteiger partial charge in [-0.2, -0.15) is 0 Å². The highest BCUT2D eigenvalue weighted by Gasteiger charge is 2.10. The van der Waals surface area contributed by atoms with E-state index in [4.69, 9.17) is 9.63 Å². The van der Waals surface area contributed by atoms with Crippen LogP contribution in [0, 0.1) is 0 Å². The fourth-order valence-electron chi connectivity index (χ4n) is 1.20. The number of hydrogen-bond acceptors (Lipinski definition) is 4. The van der Waals surface area contributed by atoms with E-state index in [1.54, 1.807) is 24.4 Å². The zero-order chi connectivity index (χ0) is 11.4. The van der Waals surface area contributed by atoms with Crippen molar-refractivity contribution in [3.05, 3.63) is 42.3 Å². The minimum absolute atomic E-state index is 0.0188. The van der Waals surface area contributed by atoms with Crippen LogP contribution in [0.15, 0.2) is 41.1 Å². The molecule has 2 rings (SSSR count). The summed E-state index contributed by atoms with van der Waals surface area (Å²) in [5.41, 5.74) is 1.06. The summed E-state index contributed by atoms with van der Waals surface area (Å²) in [6.07, 6.45) is 2.62. The first-order valence-corrected chi connectivity index (χ1v) is 4.66. The monoisotopic (exact) mass is 220 g/mol. The van der Waals surface area contributed by atoms with Gasteiger partial charge in [0.25, 0.3) is 0 Å². The highest BCUT2D eigenvalue weighted by atomic mass is 19.1. The molecule has 0 spiro atoms. The van der Waals surface area contributed by atoms with Crippen molar-refractivity contribution in [1.82, 2.24) is 10.1 Å². The lowest BCUT2D eigenvalue weighted by atomic mass is 10.2. The van der Waals surface area contributed by atoms with Crippen LogP contribution in [0.1, 0.15) is 5.76 Å². The van der Waals surface area contributed by atoms with Crippen LogP contribution in [0.4, 0.5) is 4.39 Å². The molecule has 4 nitrogen and oxygen atoms in total. The van der Waals surface area contributed by atoms with Crippen molar-refractivity contribution >= 4 is 5.83 Å². The van der Waals surface area contributed by atoms with Crippen LogP contribution in [0.25, 0.3) is 17.2 Å². The molecular formula is C11H9FN2O2. The van der Waals surface area contributed by atoms with E-state index >= 15 is 0 Å². The Kier molecular flexibility index (Phi) is 3.07. The van der Waals surface area contributed by atoms with E-state index in [0.717, 1.165) is 6.08 Å². The number of aliphatic hydroxyl groups is 1. The summed E-state index contributed by atoms with van der Waals surface area (Å²) in [5.74, 6) is -0.660. The summed E-state index contributed by atoms with van der Waals surface area (Å²) in [6, 6.07) is 6.76. The largest absolute Gasteiger partial charge is 0.392 e. The Balaban J connectivity index is 2.30. The highest BCUT2D eigenvalue weighted by molar-refractivity contribution is 5.61. The van der Waals surface area contributed by atoms with Crippen LogP contribution in [-0.4, -0.2) is 21.9 Å². The number of aliphatic hydroxyl groups excluding tert-OH is 1. The molecule has 1 N–H and O–H groups in total. The van der Waals surface area contributed by atoms with Crippen molar-refractivity contribution in [2.24, 2.45) is 0 Å². The van der Waals surface area contributed by atoms with Gasteiger partial charge in [-0.1, -0.05) is 11.2 Å². The van der Waals surface area contributed by atoms with Gasteiger partial charge < -0.3 is 9.63 Å². The first kappa shape index (κ1) is 10.5. The summed E-state index contributed by atoms with van der Waals surface area (Å²) in [6.45, 7) is -0.383. The van der Waals surface area contributed by atoms with Gasteiger partial charge in [-0.25, -0.2) is 4.39 Å². The topological polar surface area (TPSA) is 59.2 Å². The smallest absolute Gasteiger partial charge is 0.195 e. The lowest BCUT2D eigenvalue weighted by molar-refractivity contribution is 0.340. The van der Waals surface area contributed by atoms with Crippen molar-refractivity contribution in [1.29, 1.82) is 0 Å². The third kappa shape index (κ3) is 2.14. The van der Waals surface area contributed by atoms with E-state index in [0.29, 0.717) is 11.4 Å². The Morgan fingerprint density at radius 3 is 3.00 bits per heavy atom. The molecule has 5 heteroatoms. The second-order valence-corrected chi connectivity index (χ2v) is 3.03. The predicted octanol–water partition coefficient (Wildman–Crippen LogP) is 2.04. The van der Waals surface area contributed by atoms with Crippen molar-refractivity contribution in [2.45, 2.75) is 0 Å². The van der Waals surface area contributed by atoms with Crippen LogP contribution >= 0.6 is 0 Å². The molecule has 82 valence electrons. The van der Waals surface area contributed by atoms with Gasteiger partial charge in [-0.3, -0.25) is 4.98 Å². The second kappa shape index (κ2) is 4.67. The van der Waals surface area contributed by atoms with Crippen LogP contribution in [0.5, 0.6) is 0 Å². The Hall–Kier alpha value is -2.01. The number of halogens is 1. The summed E-state index contributed by atoms with van der Waals surface area (Å²) >= 11 is 0. The fraction of sp³-hybridized carbons (Fsp3) is 0.0909. The summed E-state index contributed by atoms with van der Waals surface area (Å²) in [5, 5.41) is 12.2. The number of aromatic nitrogens is 2. The molecule has 2 heterocycles. The second-order valence-electron chi connectivity index (χ2n) is 3.03. The molecule has 0 aromatic carbocycles. The summed E-state index contributed by atoms with van der Waals surface area (Å²) < 4.78 is 18.0. The molecule has 0 aliphatic rings. The molecule has 0 aliphatic carbocycles. The van der Waals surface area contributed by atoms with Gasteiger partial charge in [-0.15, -0.1) is 0 Å². The van der Waals surface area contributed by atoms with Gasteiger partial charge in [0, 0.05) is 12.3 Å². The Morgan fingerprint density at radius 1 is 1.44 bits per heavy atom. The molecule has 0 amide bonds. The maximum atomic E-state index is 13.2. The first-order chi connectivity index (χ1) is 7.81. The first-order valence-electron chi connectivity index (χ1n) is 4.66. The van der Waals surface area contributed by atoms with Crippen LogP contribution < -0.4 is 0 Å². The molecule has 2 aromatic heterocycles. The van der Waals surface area contributed by atoms with Crippen molar-refractivity contribution < 1.29 is 14.0 Å². The summed E-state index contributed by atoms with van der Waals surface area (Å²) in [7, 11) is 0. The maximum Gasteiger partial charge on any atom is 0.195 e. The highest BCUT2D eigenvalue weighted by Crippen LogP contribution is 2.21. The summed E-state index contributed by atoms with van der Waals surface area (Å²) in [4.78, 5) is 4.05. The van der Waals surface area contributed by atoms with Crippen LogP contribution in [0.2, 0.25) is 0 Å². The van der Waals surface area contributed by atoms with E-state index < -0.39 is 5.83 Å². The molecule has 0 fully saturated rings. The zero-order valence-corrected chi connectivity index (χ0v) is 8.30. The molecule has 16 heavy (non-hydrogen) atoms. The Bertz CT molecular complexity index is 494. The molecule has 0 unspecified atom stereocenters. The van der Waals surface area contributed by atoms with Crippen molar-refractivity contribution in [2.75, 3.05) is 6.61 Å². The van der Waals surface area contributed by atoms with E-state index in [1.807, 2.05) is 0 Å². The van der Waals surface area contributed by atoms with Gasteiger partial charge in [0.2, 0.25) is 0 Å². The third-order valence-electron chi connectivity index (χ3n) is 1.94. The molecule has 0 saturated carbocycles. The third-order valence-corrected chi connectivity index (χ3v) is 1.94. The average molecular weight is 220 g/mol. The minimum atomic E-state index is -0.641. The van der Waals surface area contributed by atoms with E-state index in [-0.39, 0.29) is 12.4 Å². The normalized spacial score (nSPS) is 11.8. The van der Waals surface area contributed by atoms with E-state index in [2.05, 4.69) is 10.1 Å². The van der Waals surface area contributed by atoms with E-state index in [9.17, 15) is 4.39 Å². The predicted molar refractivity (Wildman–Crippen MR) is 55.9 cm³/mol. The van der Waals surface area contributed by atoms with Gasteiger partial charge in [0.05, 0.1) is 12.3 Å². The standard InChI is InChI=1S/C11H9FN2O2/c12-8(4-6-15)11-7-10(14-16-11)9-3-1-2-5-13-9/h1-5,7,15H,6H2. The van der Waals surface area contributed by atoms with Crippen LogP contribution in [-0.2, 0) is 0 Å². The number of rotatable bonds is 3. The minimum Gasteiger partial charge on any atom is -0.392 e. The SMILES string of the molecule is OCC=C(F)c1cc(-c2ccccn2)no1. The molecule has 0 bridgehead atoms. The van der Waals surface area contributed by atoms with Crippen molar-refractivity contribution in [3.8, 4) is 11.4 Å². The average Bonchev–Trinajstić information content (AvgIpc) is 2.80. The number of nitrogens with zero attached hydrogens (tertiary/aromatic N) is 2. The van der Waals surface area contributed by atoms with Crippen LogP contribution in [0.3, 0.4) is 0 Å². The van der Waals surface area contributed by atoms with E-state index in [1.165, 1.54) is 6.07 Å². The molecule has 0 aliphatic heterocycles. The molecule has 2 aromatic rings. The Morgan fingerprint density at radius 2 is 2.31 bits per heavy atom. The van der Waals surface area contributed by atoms with Gasteiger partial charge >= 0.3 is 0 Å². The lowest BCUT2D eigenvalue weighted by Gasteiger charge is -1.90. The quantitative estimate of drug-likeness (QED) is 0.859. The molecule has 0 saturated heterocycles. The molecule has 0 atom stereocenters. The van der Waals surface area contributed by atoms with Gasteiger partial charge in [0.15, 0.2) is 11.6 Å². The van der Waals surface area contributed by atoms with Gasteiger partial charge in [-0.05, 0) is 18.2 Å². The maximum absolute atomic E-state index is 13.2. The number of hydrogen-bond donors (Lipinski definition) is 1. The van der Waals surface area contributed by atoms with Gasteiger partial charge in [0.1, 0.15) is 5.69 Å². The number of pyridine rings is 1. The molecule has 0 radical (unpaired) electrons. The molecular weight excluding hydrogens is 211 g/mol. The lowest BCUT2D eigenvalue weighted by Crippen LogP contribution is -1.80.